The second kappa shape index (κ2) is 5.82. The fourth-order valence-electron chi connectivity index (χ4n) is 4.20. The van der Waals surface area contributed by atoms with Crippen molar-refractivity contribution < 1.29 is 9.53 Å². The Morgan fingerprint density at radius 2 is 2.04 bits per heavy atom. The Hall–Kier alpha value is -1.55. The highest BCUT2D eigenvalue weighted by molar-refractivity contribution is 5.88. The number of likely N-dealkylation sites (tertiary alicyclic amines) is 1. The third kappa shape index (κ3) is 2.63. The molecule has 2 saturated heterocycles. The van der Waals surface area contributed by atoms with Gasteiger partial charge in [-0.2, -0.15) is 0 Å². The van der Waals surface area contributed by atoms with Crippen molar-refractivity contribution in [1.29, 1.82) is 0 Å². The monoisotopic (exact) mass is 316 g/mol. The quantitative estimate of drug-likeness (QED) is 0.912. The number of carbonyl (C=O) groups excluding carboxylic acids is 1. The highest BCUT2D eigenvalue weighted by Gasteiger charge is 2.57. The summed E-state index contributed by atoms with van der Waals surface area (Å²) in [5.41, 5.74) is 0.678. The smallest absolute Gasteiger partial charge is 0.231 e. The Morgan fingerprint density at radius 3 is 2.65 bits per heavy atom. The molecule has 2 aliphatic heterocycles. The van der Waals surface area contributed by atoms with Gasteiger partial charge in [0.15, 0.2) is 0 Å². The summed E-state index contributed by atoms with van der Waals surface area (Å²) < 4.78 is 5.60. The van der Waals surface area contributed by atoms with E-state index in [4.69, 9.17) is 4.74 Å². The highest BCUT2D eigenvalue weighted by atomic mass is 16.5. The predicted molar refractivity (Wildman–Crippen MR) is 91.7 cm³/mol. The summed E-state index contributed by atoms with van der Waals surface area (Å²) in [7, 11) is 1.71. The number of methoxy groups -OCH3 is 1. The van der Waals surface area contributed by atoms with Crippen molar-refractivity contribution >= 4 is 5.91 Å². The van der Waals surface area contributed by atoms with Crippen LogP contribution in [0.4, 0.5) is 0 Å². The standard InChI is InChI=1S/C19H28N2O2/c1-18(2,3)21-12-15(14-8-5-6-9-16(14)23-4)19(17(21)22)10-7-11-20-13-19/h5-6,8-9,15,20H,7,10-13H2,1-4H3/t15-,19+/m1/s1. The molecule has 4 nitrogen and oxygen atoms in total. The maximum Gasteiger partial charge on any atom is 0.231 e. The highest BCUT2D eigenvalue weighted by Crippen LogP contribution is 2.51. The van der Waals surface area contributed by atoms with Crippen LogP contribution in [0.5, 0.6) is 5.75 Å². The third-order valence-corrected chi connectivity index (χ3v) is 5.44. The molecule has 1 aromatic carbocycles. The van der Waals surface area contributed by atoms with E-state index in [1.807, 2.05) is 18.2 Å². The number of carbonyl (C=O) groups is 1. The van der Waals surface area contributed by atoms with Gasteiger partial charge in [0.25, 0.3) is 0 Å². The minimum absolute atomic E-state index is 0.154. The summed E-state index contributed by atoms with van der Waals surface area (Å²) >= 11 is 0. The van der Waals surface area contributed by atoms with Crippen LogP contribution in [-0.2, 0) is 4.79 Å². The SMILES string of the molecule is COc1ccccc1[C@H]1CN(C(C)(C)C)C(=O)[C@]12CCCNC2. The molecule has 1 amide bonds. The van der Waals surface area contributed by atoms with Gasteiger partial charge in [0.2, 0.25) is 5.91 Å². The number of benzene rings is 1. The van der Waals surface area contributed by atoms with Gasteiger partial charge in [0, 0.05) is 30.1 Å². The van der Waals surface area contributed by atoms with Crippen LogP contribution >= 0.6 is 0 Å². The lowest BCUT2D eigenvalue weighted by Crippen LogP contribution is -2.50. The maximum atomic E-state index is 13.4. The molecular formula is C19H28N2O2. The van der Waals surface area contributed by atoms with Gasteiger partial charge >= 0.3 is 0 Å². The first-order valence-electron chi connectivity index (χ1n) is 8.56. The van der Waals surface area contributed by atoms with Crippen molar-refractivity contribution in [1.82, 2.24) is 10.2 Å². The average Bonchev–Trinajstić information content (AvgIpc) is 2.81. The van der Waals surface area contributed by atoms with Gasteiger partial charge in [-0.25, -0.2) is 0 Å². The van der Waals surface area contributed by atoms with E-state index in [9.17, 15) is 4.79 Å². The Kier molecular flexibility index (Phi) is 4.13. The number of piperidine rings is 1. The number of rotatable bonds is 2. The molecule has 0 saturated carbocycles. The van der Waals surface area contributed by atoms with Crippen LogP contribution in [0.1, 0.15) is 45.1 Å². The fraction of sp³-hybridized carbons (Fsp3) is 0.632. The van der Waals surface area contributed by atoms with Crippen molar-refractivity contribution in [2.45, 2.75) is 45.1 Å². The summed E-state index contributed by atoms with van der Waals surface area (Å²) in [5.74, 6) is 1.37. The molecular weight excluding hydrogens is 288 g/mol. The van der Waals surface area contributed by atoms with Crippen molar-refractivity contribution in [2.75, 3.05) is 26.7 Å². The second-order valence-corrected chi connectivity index (χ2v) is 7.82. The number of nitrogens with one attached hydrogen (secondary N) is 1. The van der Waals surface area contributed by atoms with E-state index >= 15 is 0 Å². The van der Waals surface area contributed by atoms with Crippen molar-refractivity contribution in [3.8, 4) is 5.75 Å². The molecule has 3 rings (SSSR count). The Labute approximate surface area is 139 Å². The van der Waals surface area contributed by atoms with Crippen LogP contribution in [0.25, 0.3) is 0 Å². The maximum absolute atomic E-state index is 13.4. The summed E-state index contributed by atoms with van der Waals surface area (Å²) in [5, 5.41) is 3.47. The van der Waals surface area contributed by atoms with E-state index < -0.39 is 0 Å². The fourth-order valence-corrected chi connectivity index (χ4v) is 4.20. The first-order chi connectivity index (χ1) is 10.9. The topological polar surface area (TPSA) is 41.6 Å². The molecule has 2 fully saturated rings. The van der Waals surface area contributed by atoms with Gasteiger partial charge < -0.3 is 15.0 Å². The first kappa shape index (κ1) is 16.3. The zero-order valence-corrected chi connectivity index (χ0v) is 14.7. The largest absolute Gasteiger partial charge is 0.496 e. The number of para-hydroxylation sites is 1. The van der Waals surface area contributed by atoms with Crippen LogP contribution in [0, 0.1) is 5.41 Å². The summed E-state index contributed by atoms with van der Waals surface area (Å²) in [6, 6.07) is 8.17. The molecule has 2 atom stereocenters. The van der Waals surface area contributed by atoms with E-state index in [-0.39, 0.29) is 16.9 Å². The lowest BCUT2D eigenvalue weighted by Gasteiger charge is -2.38. The van der Waals surface area contributed by atoms with Gasteiger partial charge in [-0.15, -0.1) is 0 Å². The molecule has 2 aliphatic rings. The first-order valence-corrected chi connectivity index (χ1v) is 8.56. The Morgan fingerprint density at radius 1 is 1.30 bits per heavy atom. The molecule has 1 N–H and O–H groups in total. The van der Waals surface area contributed by atoms with Crippen molar-refractivity contribution in [3.63, 3.8) is 0 Å². The number of hydrogen-bond acceptors (Lipinski definition) is 3. The molecule has 0 bridgehead atoms. The van der Waals surface area contributed by atoms with Gasteiger partial charge in [-0.05, 0) is 46.2 Å². The number of hydrogen-bond donors (Lipinski definition) is 1. The van der Waals surface area contributed by atoms with Crippen molar-refractivity contribution in [2.24, 2.45) is 5.41 Å². The van der Waals surface area contributed by atoms with E-state index in [1.165, 1.54) is 5.56 Å². The number of ether oxygens (including phenoxy) is 1. The molecule has 0 unspecified atom stereocenters. The third-order valence-electron chi connectivity index (χ3n) is 5.44. The molecule has 2 heterocycles. The Balaban J connectivity index is 2.07. The van der Waals surface area contributed by atoms with Crippen LogP contribution < -0.4 is 10.1 Å². The summed E-state index contributed by atoms with van der Waals surface area (Å²) in [6.45, 7) is 8.91. The van der Waals surface area contributed by atoms with Gasteiger partial charge in [0.1, 0.15) is 5.75 Å². The zero-order chi connectivity index (χ0) is 16.7. The lowest BCUT2D eigenvalue weighted by atomic mass is 9.69. The van der Waals surface area contributed by atoms with Crippen LogP contribution in [0.2, 0.25) is 0 Å². The second-order valence-electron chi connectivity index (χ2n) is 7.82. The van der Waals surface area contributed by atoms with E-state index in [2.05, 4.69) is 37.1 Å². The average molecular weight is 316 g/mol. The zero-order valence-electron chi connectivity index (χ0n) is 14.7. The van der Waals surface area contributed by atoms with Crippen LogP contribution in [0.3, 0.4) is 0 Å². The molecule has 0 radical (unpaired) electrons. The van der Waals surface area contributed by atoms with Gasteiger partial charge in [-0.1, -0.05) is 18.2 Å². The van der Waals surface area contributed by atoms with E-state index in [0.717, 1.165) is 38.2 Å². The minimum atomic E-state index is -0.333. The molecule has 4 heteroatoms. The Bertz CT molecular complexity index is 585. The van der Waals surface area contributed by atoms with Crippen LogP contribution in [0.15, 0.2) is 24.3 Å². The lowest BCUT2D eigenvalue weighted by molar-refractivity contribution is -0.141. The molecule has 126 valence electrons. The molecule has 0 aromatic heterocycles. The molecule has 0 aliphatic carbocycles. The van der Waals surface area contributed by atoms with E-state index in [0.29, 0.717) is 5.91 Å². The van der Waals surface area contributed by atoms with Gasteiger partial charge in [-0.3, -0.25) is 4.79 Å². The van der Waals surface area contributed by atoms with E-state index in [1.54, 1.807) is 7.11 Å². The molecule has 1 spiro atoms. The van der Waals surface area contributed by atoms with Gasteiger partial charge in [0.05, 0.1) is 12.5 Å². The molecule has 1 aromatic rings. The minimum Gasteiger partial charge on any atom is -0.496 e. The normalized spacial score (nSPS) is 28.4. The number of amides is 1. The van der Waals surface area contributed by atoms with Crippen LogP contribution in [-0.4, -0.2) is 43.1 Å². The molecule has 23 heavy (non-hydrogen) atoms. The summed E-state index contributed by atoms with van der Waals surface area (Å²) in [4.78, 5) is 15.4. The summed E-state index contributed by atoms with van der Waals surface area (Å²) in [6.07, 6.45) is 2.00. The predicted octanol–water partition coefficient (Wildman–Crippen LogP) is 2.79. The van der Waals surface area contributed by atoms with Crippen molar-refractivity contribution in [3.05, 3.63) is 29.8 Å². The number of nitrogens with zero attached hydrogens (tertiary/aromatic N) is 1.